The molecule has 0 aromatic heterocycles. The van der Waals surface area contributed by atoms with Gasteiger partial charge in [-0.05, 0) is 30.7 Å². The van der Waals surface area contributed by atoms with Gasteiger partial charge in [-0.1, -0.05) is 12.1 Å². The van der Waals surface area contributed by atoms with Gasteiger partial charge < -0.3 is 24.3 Å². The van der Waals surface area contributed by atoms with Crippen molar-refractivity contribution in [3.63, 3.8) is 0 Å². The highest BCUT2D eigenvalue weighted by atomic mass is 16.7. The first-order chi connectivity index (χ1) is 12.3. The van der Waals surface area contributed by atoms with Crippen LogP contribution in [0.3, 0.4) is 0 Å². The van der Waals surface area contributed by atoms with E-state index in [4.69, 9.17) is 24.2 Å². The maximum atomic E-state index is 9.16. The summed E-state index contributed by atoms with van der Waals surface area (Å²) in [5, 5.41) is 12.6. The van der Waals surface area contributed by atoms with Crippen molar-refractivity contribution in [3.8, 4) is 29.1 Å². The maximum Gasteiger partial charge on any atom is 0.231 e. The van der Waals surface area contributed by atoms with Crippen LogP contribution in [0.15, 0.2) is 30.3 Å². The molecule has 1 aliphatic rings. The Labute approximate surface area is 146 Å². The molecular formula is C19H20N2O4. The number of nitrogens with one attached hydrogen (secondary N) is 1. The molecule has 0 saturated carbocycles. The highest BCUT2D eigenvalue weighted by Crippen LogP contribution is 2.35. The zero-order chi connectivity index (χ0) is 17.6. The van der Waals surface area contributed by atoms with Crippen LogP contribution in [0.4, 0.5) is 0 Å². The quantitative estimate of drug-likeness (QED) is 0.781. The van der Waals surface area contributed by atoms with Crippen molar-refractivity contribution >= 4 is 0 Å². The fourth-order valence-electron chi connectivity index (χ4n) is 2.82. The Morgan fingerprint density at radius 3 is 2.72 bits per heavy atom. The number of fused-ring (bicyclic) bond motifs is 1. The van der Waals surface area contributed by atoms with Crippen molar-refractivity contribution in [1.82, 2.24) is 5.32 Å². The summed E-state index contributed by atoms with van der Waals surface area (Å²) in [6.07, 6.45) is 0.748. The SMILES string of the molecule is COc1cc(CCNCc2cccc3c2OCO3)c(OC)cc1C#N. The van der Waals surface area contributed by atoms with Crippen LogP contribution >= 0.6 is 0 Å². The Morgan fingerprint density at radius 2 is 1.96 bits per heavy atom. The number of hydrogen-bond acceptors (Lipinski definition) is 6. The zero-order valence-electron chi connectivity index (χ0n) is 14.3. The van der Waals surface area contributed by atoms with E-state index in [0.717, 1.165) is 35.6 Å². The molecule has 0 bridgehead atoms. The van der Waals surface area contributed by atoms with Crippen LogP contribution in [-0.4, -0.2) is 27.6 Å². The van der Waals surface area contributed by atoms with E-state index in [2.05, 4.69) is 11.4 Å². The first-order valence-corrected chi connectivity index (χ1v) is 8.00. The molecule has 130 valence electrons. The predicted molar refractivity (Wildman–Crippen MR) is 92.2 cm³/mol. The highest BCUT2D eigenvalue weighted by molar-refractivity contribution is 5.52. The van der Waals surface area contributed by atoms with E-state index in [1.807, 2.05) is 24.3 Å². The fourth-order valence-corrected chi connectivity index (χ4v) is 2.82. The van der Waals surface area contributed by atoms with Gasteiger partial charge in [-0.2, -0.15) is 5.26 Å². The molecule has 1 aliphatic heterocycles. The Balaban J connectivity index is 1.63. The van der Waals surface area contributed by atoms with Crippen molar-refractivity contribution < 1.29 is 18.9 Å². The van der Waals surface area contributed by atoms with Crippen LogP contribution in [0.25, 0.3) is 0 Å². The third-order valence-corrected chi connectivity index (χ3v) is 4.09. The second-order valence-corrected chi connectivity index (χ2v) is 5.55. The molecule has 0 radical (unpaired) electrons. The molecule has 6 heteroatoms. The van der Waals surface area contributed by atoms with Crippen LogP contribution in [0.2, 0.25) is 0 Å². The average Bonchev–Trinajstić information content (AvgIpc) is 3.14. The van der Waals surface area contributed by atoms with E-state index in [1.54, 1.807) is 20.3 Å². The molecule has 0 atom stereocenters. The molecule has 0 aliphatic carbocycles. The Kier molecular flexibility index (Phi) is 5.26. The molecular weight excluding hydrogens is 320 g/mol. The van der Waals surface area contributed by atoms with E-state index >= 15 is 0 Å². The first-order valence-electron chi connectivity index (χ1n) is 8.00. The van der Waals surface area contributed by atoms with Crippen molar-refractivity contribution in [2.45, 2.75) is 13.0 Å². The van der Waals surface area contributed by atoms with E-state index in [-0.39, 0.29) is 6.79 Å². The summed E-state index contributed by atoms with van der Waals surface area (Å²) in [7, 11) is 3.16. The third kappa shape index (κ3) is 3.62. The molecule has 0 amide bonds. The van der Waals surface area contributed by atoms with Gasteiger partial charge in [0.05, 0.1) is 19.8 Å². The Bertz CT molecular complexity index is 799. The summed E-state index contributed by atoms with van der Waals surface area (Å²) in [6, 6.07) is 11.6. The molecule has 3 rings (SSSR count). The van der Waals surface area contributed by atoms with Gasteiger partial charge in [0.1, 0.15) is 17.6 Å². The van der Waals surface area contributed by atoms with Crippen molar-refractivity contribution in [1.29, 1.82) is 5.26 Å². The lowest BCUT2D eigenvalue weighted by Crippen LogP contribution is -2.17. The lowest BCUT2D eigenvalue weighted by Gasteiger charge is -2.13. The standard InChI is InChI=1S/C19H20N2O4/c1-22-17-9-15(10-20)18(23-2)8-13(17)6-7-21-11-14-4-3-5-16-19(14)25-12-24-16/h3-5,8-9,21H,6-7,11-12H2,1-2H3. The maximum absolute atomic E-state index is 9.16. The monoisotopic (exact) mass is 340 g/mol. The summed E-state index contributed by atoms with van der Waals surface area (Å²) < 4.78 is 21.6. The number of ether oxygens (including phenoxy) is 4. The molecule has 0 unspecified atom stereocenters. The number of benzene rings is 2. The van der Waals surface area contributed by atoms with Gasteiger partial charge >= 0.3 is 0 Å². The number of nitriles is 1. The molecule has 2 aromatic rings. The molecule has 2 aromatic carbocycles. The third-order valence-electron chi connectivity index (χ3n) is 4.09. The number of methoxy groups -OCH3 is 2. The fraction of sp³-hybridized carbons (Fsp3) is 0.316. The smallest absolute Gasteiger partial charge is 0.231 e. The van der Waals surface area contributed by atoms with Crippen LogP contribution in [0.5, 0.6) is 23.0 Å². The second-order valence-electron chi connectivity index (χ2n) is 5.55. The van der Waals surface area contributed by atoms with Crippen molar-refractivity contribution in [2.75, 3.05) is 27.6 Å². The number of para-hydroxylation sites is 1. The van der Waals surface area contributed by atoms with Gasteiger partial charge in [0.25, 0.3) is 0 Å². The minimum Gasteiger partial charge on any atom is -0.496 e. The van der Waals surface area contributed by atoms with Gasteiger partial charge in [0.15, 0.2) is 11.5 Å². The van der Waals surface area contributed by atoms with Gasteiger partial charge in [0.2, 0.25) is 6.79 Å². The molecule has 6 nitrogen and oxygen atoms in total. The van der Waals surface area contributed by atoms with Crippen LogP contribution in [-0.2, 0) is 13.0 Å². The van der Waals surface area contributed by atoms with E-state index in [0.29, 0.717) is 23.6 Å². The van der Waals surface area contributed by atoms with Gasteiger partial charge in [-0.3, -0.25) is 0 Å². The molecule has 0 spiro atoms. The summed E-state index contributed by atoms with van der Waals surface area (Å²) >= 11 is 0. The summed E-state index contributed by atoms with van der Waals surface area (Å²) in [5.74, 6) is 2.85. The second kappa shape index (κ2) is 7.77. The van der Waals surface area contributed by atoms with Crippen molar-refractivity contribution in [3.05, 3.63) is 47.0 Å². The summed E-state index contributed by atoms with van der Waals surface area (Å²) in [4.78, 5) is 0. The minimum absolute atomic E-state index is 0.272. The highest BCUT2D eigenvalue weighted by Gasteiger charge is 2.16. The molecule has 1 N–H and O–H groups in total. The average molecular weight is 340 g/mol. The van der Waals surface area contributed by atoms with Gasteiger partial charge in [-0.25, -0.2) is 0 Å². The Morgan fingerprint density at radius 1 is 1.12 bits per heavy atom. The normalized spacial score (nSPS) is 11.9. The topological polar surface area (TPSA) is 72.7 Å². The molecule has 25 heavy (non-hydrogen) atoms. The summed E-state index contributed by atoms with van der Waals surface area (Å²) in [5.41, 5.74) is 2.52. The molecule has 1 heterocycles. The Hall–Kier alpha value is -2.91. The first kappa shape index (κ1) is 16.9. The van der Waals surface area contributed by atoms with Crippen LogP contribution in [0, 0.1) is 11.3 Å². The number of rotatable bonds is 7. The lowest BCUT2D eigenvalue weighted by atomic mass is 10.1. The predicted octanol–water partition coefficient (Wildman–Crippen LogP) is 2.64. The molecule has 0 saturated heterocycles. The number of hydrogen-bond donors (Lipinski definition) is 1. The van der Waals surface area contributed by atoms with E-state index in [9.17, 15) is 0 Å². The minimum atomic E-state index is 0.272. The lowest BCUT2D eigenvalue weighted by molar-refractivity contribution is 0.173. The van der Waals surface area contributed by atoms with Gasteiger partial charge in [0, 0.05) is 18.2 Å². The summed E-state index contributed by atoms with van der Waals surface area (Å²) in [6.45, 7) is 1.70. The number of nitrogens with zero attached hydrogens (tertiary/aromatic N) is 1. The molecule has 0 fully saturated rings. The van der Waals surface area contributed by atoms with E-state index in [1.165, 1.54) is 0 Å². The van der Waals surface area contributed by atoms with Crippen LogP contribution in [0.1, 0.15) is 16.7 Å². The van der Waals surface area contributed by atoms with Gasteiger partial charge in [-0.15, -0.1) is 0 Å². The zero-order valence-corrected chi connectivity index (χ0v) is 14.3. The van der Waals surface area contributed by atoms with Crippen molar-refractivity contribution in [2.24, 2.45) is 0 Å². The largest absolute Gasteiger partial charge is 0.496 e. The van der Waals surface area contributed by atoms with E-state index < -0.39 is 0 Å². The van der Waals surface area contributed by atoms with Crippen LogP contribution < -0.4 is 24.3 Å².